The molecule has 186 valence electrons. The fourth-order valence-electron chi connectivity index (χ4n) is 5.78. The van der Waals surface area contributed by atoms with Gasteiger partial charge in [-0.25, -0.2) is 9.37 Å². The predicted molar refractivity (Wildman–Crippen MR) is 133 cm³/mol. The quantitative estimate of drug-likeness (QED) is 0.496. The summed E-state index contributed by atoms with van der Waals surface area (Å²) in [5.74, 6) is 0.362. The molecule has 35 heavy (non-hydrogen) atoms. The van der Waals surface area contributed by atoms with E-state index in [-0.39, 0.29) is 5.82 Å². The summed E-state index contributed by atoms with van der Waals surface area (Å²) in [7, 11) is 2.92. The van der Waals surface area contributed by atoms with Crippen LogP contribution in [0.15, 0.2) is 24.3 Å². The number of rotatable bonds is 6. The predicted octanol–water partition coefficient (Wildman–Crippen LogP) is 5.14. The van der Waals surface area contributed by atoms with Crippen LogP contribution in [-0.2, 0) is 29.0 Å². The number of aryl methyl sites for hydroxylation is 1. The minimum atomic E-state index is -0.723. The van der Waals surface area contributed by atoms with Gasteiger partial charge in [0.05, 0.1) is 25.3 Å². The number of hydrogen-bond acceptors (Lipinski definition) is 5. The molecular weight excluding hydrogens is 445 g/mol. The molecule has 1 saturated carbocycles. The van der Waals surface area contributed by atoms with Crippen LogP contribution in [0.1, 0.15) is 72.0 Å². The summed E-state index contributed by atoms with van der Waals surface area (Å²) in [6, 6.07) is 7.40. The van der Waals surface area contributed by atoms with Gasteiger partial charge in [0.1, 0.15) is 23.3 Å². The molecule has 0 spiro atoms. The smallest absolute Gasteiger partial charge is 0.315 e. The highest BCUT2D eigenvalue weighted by molar-refractivity contribution is 5.83. The lowest BCUT2D eigenvalue weighted by Gasteiger charge is -2.25. The number of methoxy groups -OCH3 is 2. The Kier molecular flexibility index (Phi) is 6.78. The van der Waals surface area contributed by atoms with Crippen LogP contribution >= 0.6 is 0 Å². The lowest BCUT2D eigenvalue weighted by molar-refractivity contribution is -0.142. The first-order chi connectivity index (χ1) is 17.0. The van der Waals surface area contributed by atoms with E-state index in [9.17, 15) is 9.18 Å². The van der Waals surface area contributed by atoms with Crippen molar-refractivity contribution >= 4 is 17.0 Å². The summed E-state index contributed by atoms with van der Waals surface area (Å²) in [5, 5.41) is 3.48. The maximum absolute atomic E-state index is 14.7. The van der Waals surface area contributed by atoms with Crippen LogP contribution in [0.2, 0.25) is 0 Å². The maximum atomic E-state index is 14.7. The number of ether oxygens (including phenoxy) is 2. The highest BCUT2D eigenvalue weighted by Gasteiger charge is 2.31. The van der Waals surface area contributed by atoms with Crippen LogP contribution in [0, 0.1) is 12.7 Å². The molecule has 5 rings (SSSR count). The van der Waals surface area contributed by atoms with Crippen molar-refractivity contribution in [2.45, 2.75) is 70.4 Å². The summed E-state index contributed by atoms with van der Waals surface area (Å²) in [6.45, 7) is 3.78. The number of carbonyl (C=O) groups is 1. The van der Waals surface area contributed by atoms with Crippen molar-refractivity contribution < 1.29 is 18.7 Å². The second kappa shape index (κ2) is 9.97. The highest BCUT2D eigenvalue weighted by Crippen LogP contribution is 2.38. The molecule has 1 aromatic heterocycles. The van der Waals surface area contributed by atoms with E-state index in [4.69, 9.17) is 14.5 Å². The van der Waals surface area contributed by atoms with Gasteiger partial charge in [0.2, 0.25) is 0 Å². The van der Waals surface area contributed by atoms with E-state index in [1.54, 1.807) is 20.1 Å². The fraction of sp³-hybridized carbons (Fsp3) is 0.500. The first-order valence-electron chi connectivity index (χ1n) is 12.6. The van der Waals surface area contributed by atoms with Crippen LogP contribution in [0.25, 0.3) is 11.0 Å². The van der Waals surface area contributed by atoms with E-state index in [0.717, 1.165) is 49.2 Å². The molecule has 1 N–H and O–H groups in total. The lowest BCUT2D eigenvalue weighted by atomic mass is 9.88. The molecule has 2 heterocycles. The van der Waals surface area contributed by atoms with Crippen molar-refractivity contribution in [3.63, 3.8) is 0 Å². The van der Waals surface area contributed by atoms with E-state index in [1.165, 1.54) is 43.6 Å². The van der Waals surface area contributed by atoms with Gasteiger partial charge in [0, 0.05) is 24.6 Å². The minimum Gasteiger partial charge on any atom is -0.496 e. The number of halogens is 1. The maximum Gasteiger partial charge on any atom is 0.315 e. The van der Waals surface area contributed by atoms with Crippen molar-refractivity contribution in [1.82, 2.24) is 14.9 Å². The molecule has 0 amide bonds. The number of carbonyl (C=O) groups excluding carboxylic acids is 1. The zero-order valence-electron chi connectivity index (χ0n) is 20.8. The molecule has 1 aliphatic heterocycles. The summed E-state index contributed by atoms with van der Waals surface area (Å²) in [4.78, 5) is 18.3. The van der Waals surface area contributed by atoms with Gasteiger partial charge in [0.15, 0.2) is 0 Å². The zero-order chi connectivity index (χ0) is 24.5. The van der Waals surface area contributed by atoms with E-state index in [1.807, 2.05) is 0 Å². The highest BCUT2D eigenvalue weighted by atomic mass is 19.1. The van der Waals surface area contributed by atoms with Gasteiger partial charge in [-0.15, -0.1) is 0 Å². The zero-order valence-corrected chi connectivity index (χ0v) is 20.8. The molecule has 1 aliphatic carbocycles. The second-order valence-corrected chi connectivity index (χ2v) is 9.83. The van der Waals surface area contributed by atoms with Crippen molar-refractivity contribution in [2.75, 3.05) is 20.8 Å². The number of aromatic nitrogens is 2. The van der Waals surface area contributed by atoms with Crippen molar-refractivity contribution in [3.05, 3.63) is 58.2 Å². The number of hydrogen-bond donors (Lipinski definition) is 1. The van der Waals surface area contributed by atoms with Crippen molar-refractivity contribution in [1.29, 1.82) is 0 Å². The van der Waals surface area contributed by atoms with Gasteiger partial charge < -0.3 is 19.4 Å². The van der Waals surface area contributed by atoms with Crippen LogP contribution in [0.4, 0.5) is 4.39 Å². The van der Waals surface area contributed by atoms with E-state index >= 15 is 0 Å². The lowest BCUT2D eigenvalue weighted by Crippen LogP contribution is -2.24. The molecule has 1 fully saturated rings. The second-order valence-electron chi connectivity index (χ2n) is 9.83. The SMILES string of the molecule is COC(=O)C(Cn1c(C2CCCCC2)nc2c3c(ccc21)CCNC3)c1cc(F)c(C)cc1OC. The third kappa shape index (κ3) is 4.42. The van der Waals surface area contributed by atoms with Gasteiger partial charge in [-0.3, -0.25) is 4.79 Å². The van der Waals surface area contributed by atoms with Gasteiger partial charge in [-0.1, -0.05) is 25.3 Å². The first kappa shape index (κ1) is 23.8. The Hall–Kier alpha value is -2.93. The molecule has 2 aliphatic rings. The Morgan fingerprint density at radius 2 is 2.03 bits per heavy atom. The van der Waals surface area contributed by atoms with Gasteiger partial charge in [-0.05, 0) is 67.6 Å². The van der Waals surface area contributed by atoms with E-state index < -0.39 is 11.9 Å². The number of imidazole rings is 1. The average Bonchev–Trinajstić information content (AvgIpc) is 3.27. The monoisotopic (exact) mass is 479 g/mol. The summed E-state index contributed by atoms with van der Waals surface area (Å²) in [6.07, 6.45) is 6.79. The number of nitrogens with one attached hydrogen (secondary N) is 1. The van der Waals surface area contributed by atoms with Crippen LogP contribution in [0.3, 0.4) is 0 Å². The van der Waals surface area contributed by atoms with Gasteiger partial charge in [-0.2, -0.15) is 0 Å². The van der Waals surface area contributed by atoms with Gasteiger partial charge in [0.25, 0.3) is 0 Å². The van der Waals surface area contributed by atoms with E-state index in [2.05, 4.69) is 22.0 Å². The third-order valence-electron chi connectivity index (χ3n) is 7.73. The Morgan fingerprint density at radius 3 is 2.77 bits per heavy atom. The summed E-state index contributed by atoms with van der Waals surface area (Å²) in [5.41, 5.74) is 5.60. The van der Waals surface area contributed by atoms with Crippen LogP contribution in [-0.4, -0.2) is 36.3 Å². The molecule has 3 aromatic rings. The molecular formula is C28H34FN3O3. The molecule has 1 unspecified atom stereocenters. The van der Waals surface area contributed by atoms with Gasteiger partial charge >= 0.3 is 5.97 Å². The summed E-state index contributed by atoms with van der Waals surface area (Å²) >= 11 is 0. The fourth-order valence-corrected chi connectivity index (χ4v) is 5.78. The van der Waals surface area contributed by atoms with E-state index in [0.29, 0.717) is 29.3 Å². The molecule has 0 radical (unpaired) electrons. The number of esters is 1. The van der Waals surface area contributed by atoms with Crippen molar-refractivity contribution in [2.24, 2.45) is 0 Å². The molecule has 0 saturated heterocycles. The Bertz CT molecular complexity index is 1250. The standard InChI is InChI=1S/C28H34FN3O3/c1-17-13-25(34-2)20(14-23(17)29)22(28(33)35-3)16-32-24-10-9-18-11-12-30-15-21(18)26(24)31-27(32)19-7-5-4-6-8-19/h9-10,13-14,19,22,30H,4-8,11-12,15-16H2,1-3H3. The normalized spacial score (nSPS) is 17.3. The Morgan fingerprint density at radius 1 is 1.23 bits per heavy atom. The average molecular weight is 480 g/mol. The molecule has 7 heteroatoms. The van der Waals surface area contributed by atoms with Crippen LogP contribution < -0.4 is 10.1 Å². The first-order valence-corrected chi connectivity index (χ1v) is 12.6. The summed E-state index contributed by atoms with van der Waals surface area (Å²) < 4.78 is 27.7. The molecule has 0 bridgehead atoms. The topological polar surface area (TPSA) is 65.4 Å². The molecule has 1 atom stereocenters. The largest absolute Gasteiger partial charge is 0.496 e. The van der Waals surface area contributed by atoms with Crippen LogP contribution in [0.5, 0.6) is 5.75 Å². The number of nitrogens with zero attached hydrogens (tertiary/aromatic N) is 2. The Labute approximate surface area is 205 Å². The Balaban J connectivity index is 1.66. The van der Waals surface area contributed by atoms with Crippen molar-refractivity contribution in [3.8, 4) is 5.75 Å². The molecule has 6 nitrogen and oxygen atoms in total. The number of benzene rings is 2. The molecule has 2 aromatic carbocycles. The minimum absolute atomic E-state index is 0.320. The third-order valence-corrected chi connectivity index (χ3v) is 7.73. The number of fused-ring (bicyclic) bond motifs is 3.